The van der Waals surface area contributed by atoms with Gasteiger partial charge >= 0.3 is 0 Å². The fourth-order valence-electron chi connectivity index (χ4n) is 1.31. The zero-order valence-corrected chi connectivity index (χ0v) is 16.2. The van der Waals surface area contributed by atoms with Crippen LogP contribution in [0.2, 0.25) is 0 Å². The second kappa shape index (κ2) is 19.2. The topological polar surface area (TPSA) is 85.9 Å². The van der Waals surface area contributed by atoms with Gasteiger partial charge in [-0.25, -0.2) is 4.39 Å². The molecule has 25 heavy (non-hydrogen) atoms. The number of amides is 1. The number of likely N-dealkylation sites (N-methyl/N-ethyl adjacent to an activating group) is 1. The number of hydrogen-bond donors (Lipinski definition) is 2. The number of ether oxygens (including phenoxy) is 3. The van der Waals surface area contributed by atoms with Crippen LogP contribution < -0.4 is 10.6 Å². The predicted molar refractivity (Wildman–Crippen MR) is 95.5 cm³/mol. The highest BCUT2D eigenvalue weighted by Crippen LogP contribution is 1.94. The van der Waals surface area contributed by atoms with E-state index in [9.17, 15) is 14.0 Å². The lowest BCUT2D eigenvalue weighted by atomic mass is 10.2. The van der Waals surface area contributed by atoms with E-state index >= 15 is 0 Å². The van der Waals surface area contributed by atoms with E-state index in [4.69, 9.17) is 14.2 Å². The molecule has 0 radical (unpaired) electrons. The van der Waals surface area contributed by atoms with Crippen LogP contribution in [0, 0.1) is 5.92 Å². The van der Waals surface area contributed by atoms with E-state index in [2.05, 4.69) is 10.6 Å². The summed E-state index contributed by atoms with van der Waals surface area (Å²) in [7, 11) is 1.85. The highest BCUT2D eigenvalue weighted by molar-refractivity contribution is 5.77. The van der Waals surface area contributed by atoms with Gasteiger partial charge < -0.3 is 29.6 Å². The van der Waals surface area contributed by atoms with Crippen LogP contribution in [0.1, 0.15) is 27.7 Å². The smallest absolute Gasteiger partial charge is 0.222 e. The third kappa shape index (κ3) is 22.9. The highest BCUT2D eigenvalue weighted by Gasteiger charge is 2.11. The number of rotatable bonds is 14. The Morgan fingerprint density at radius 1 is 1.12 bits per heavy atom. The van der Waals surface area contributed by atoms with Gasteiger partial charge in [0.05, 0.1) is 39.1 Å². The number of nitrogens with one attached hydrogen (secondary N) is 2. The molecule has 2 N–H and O–H groups in total. The largest absolute Gasteiger partial charge is 0.378 e. The molecule has 0 saturated heterocycles. The third-order valence-electron chi connectivity index (χ3n) is 2.69. The lowest BCUT2D eigenvalue weighted by Crippen LogP contribution is -2.35. The maximum atomic E-state index is 13.3. The zero-order chi connectivity index (χ0) is 19.5. The van der Waals surface area contributed by atoms with Gasteiger partial charge in [0.25, 0.3) is 0 Å². The number of aldehydes is 1. The first-order chi connectivity index (χ1) is 11.8. The maximum Gasteiger partial charge on any atom is 0.222 e. The van der Waals surface area contributed by atoms with Crippen molar-refractivity contribution in [3.63, 3.8) is 0 Å². The van der Waals surface area contributed by atoms with Crippen molar-refractivity contribution in [1.29, 1.82) is 0 Å². The van der Waals surface area contributed by atoms with Gasteiger partial charge in [-0.1, -0.05) is 13.8 Å². The van der Waals surface area contributed by atoms with Crippen molar-refractivity contribution in [2.75, 3.05) is 53.2 Å². The first-order valence-electron chi connectivity index (χ1n) is 8.62. The number of carbonyl (C=O) groups is 2. The third-order valence-corrected chi connectivity index (χ3v) is 2.69. The van der Waals surface area contributed by atoms with Crippen molar-refractivity contribution < 1.29 is 28.2 Å². The molecular weight excluding hydrogens is 331 g/mol. The molecule has 0 saturated carbocycles. The summed E-state index contributed by atoms with van der Waals surface area (Å²) >= 11 is 0. The Kier molecular flexibility index (Phi) is 20.1. The minimum atomic E-state index is -1.18. The highest BCUT2D eigenvalue weighted by atomic mass is 19.1. The van der Waals surface area contributed by atoms with Crippen molar-refractivity contribution >= 4 is 12.2 Å². The van der Waals surface area contributed by atoms with E-state index in [-0.39, 0.29) is 37.7 Å². The average Bonchev–Trinajstić information content (AvgIpc) is 2.57. The molecule has 0 aliphatic carbocycles. The standard InChI is InChI=1S/C12H25FN2O3.C5H10O2/c1-10(2)12(16)15-8-11(13)9-18-7-6-17-5-4-14-3;1-5(2)7-4-3-6/h10-11,14H,4-9H2,1-3H3,(H,15,16);3,5H,4H2,1-2H3. The minimum Gasteiger partial charge on any atom is -0.378 e. The van der Waals surface area contributed by atoms with Gasteiger partial charge in [-0.3, -0.25) is 4.79 Å². The van der Waals surface area contributed by atoms with Crippen LogP contribution in [-0.2, 0) is 23.8 Å². The van der Waals surface area contributed by atoms with Crippen molar-refractivity contribution in [2.24, 2.45) is 5.92 Å². The average molecular weight is 366 g/mol. The van der Waals surface area contributed by atoms with Crippen LogP contribution in [0.3, 0.4) is 0 Å². The molecule has 8 heteroatoms. The van der Waals surface area contributed by atoms with Gasteiger partial charge in [-0.05, 0) is 20.9 Å². The summed E-state index contributed by atoms with van der Waals surface area (Å²) in [6, 6.07) is 0. The van der Waals surface area contributed by atoms with E-state index in [0.717, 1.165) is 12.8 Å². The summed E-state index contributed by atoms with van der Waals surface area (Å²) < 4.78 is 28.4. The summed E-state index contributed by atoms with van der Waals surface area (Å²) in [5.41, 5.74) is 0. The molecule has 0 aliphatic heterocycles. The number of halogens is 1. The van der Waals surface area contributed by atoms with Gasteiger partial charge in [-0.2, -0.15) is 0 Å². The van der Waals surface area contributed by atoms with E-state index in [0.29, 0.717) is 19.8 Å². The molecule has 0 bridgehead atoms. The number of carbonyl (C=O) groups excluding carboxylic acids is 2. The lowest BCUT2D eigenvalue weighted by Gasteiger charge is -2.12. The minimum absolute atomic E-state index is 0.00236. The molecule has 0 aromatic carbocycles. The van der Waals surface area contributed by atoms with E-state index in [1.54, 1.807) is 13.8 Å². The predicted octanol–water partition coefficient (Wildman–Crippen LogP) is 0.960. The van der Waals surface area contributed by atoms with Crippen LogP contribution >= 0.6 is 0 Å². The molecule has 0 spiro atoms. The molecule has 1 atom stereocenters. The summed E-state index contributed by atoms with van der Waals surface area (Å²) in [6.07, 6.45) is -0.254. The Morgan fingerprint density at radius 2 is 1.76 bits per heavy atom. The Balaban J connectivity index is 0. The second-order valence-electron chi connectivity index (χ2n) is 5.84. The molecule has 0 aromatic heterocycles. The maximum absolute atomic E-state index is 13.3. The van der Waals surface area contributed by atoms with Crippen molar-refractivity contribution in [3.8, 4) is 0 Å². The molecule has 1 amide bonds. The normalized spacial score (nSPS) is 11.8. The molecule has 150 valence electrons. The van der Waals surface area contributed by atoms with Crippen molar-refractivity contribution in [1.82, 2.24) is 10.6 Å². The zero-order valence-electron chi connectivity index (χ0n) is 16.2. The Labute approximate surface area is 151 Å². The monoisotopic (exact) mass is 366 g/mol. The molecule has 0 fully saturated rings. The molecule has 0 aliphatic rings. The fourth-order valence-corrected chi connectivity index (χ4v) is 1.31. The molecule has 7 nitrogen and oxygen atoms in total. The van der Waals surface area contributed by atoms with E-state index in [1.807, 2.05) is 20.9 Å². The van der Waals surface area contributed by atoms with Crippen molar-refractivity contribution in [3.05, 3.63) is 0 Å². The van der Waals surface area contributed by atoms with Gasteiger partial charge in [0.1, 0.15) is 19.1 Å². The molecule has 0 heterocycles. The van der Waals surface area contributed by atoms with Crippen molar-refractivity contribution in [2.45, 2.75) is 40.0 Å². The molecule has 0 rings (SSSR count). The van der Waals surface area contributed by atoms with Crippen LogP contribution in [0.5, 0.6) is 0 Å². The summed E-state index contributed by atoms with van der Waals surface area (Å²) in [5.74, 6) is -0.272. The fraction of sp³-hybridized carbons (Fsp3) is 0.882. The van der Waals surface area contributed by atoms with E-state index < -0.39 is 6.17 Å². The van der Waals surface area contributed by atoms with E-state index in [1.165, 1.54) is 0 Å². The number of hydrogen-bond acceptors (Lipinski definition) is 6. The first kappa shape index (κ1) is 26.1. The van der Waals surface area contributed by atoms with Crippen LogP contribution in [0.25, 0.3) is 0 Å². The summed E-state index contributed by atoms with van der Waals surface area (Å²) in [4.78, 5) is 20.8. The SMILES string of the molecule is CC(C)OCC=O.CNCCOCCOCC(F)CNC(=O)C(C)C. The lowest BCUT2D eigenvalue weighted by molar-refractivity contribution is -0.124. The van der Waals surface area contributed by atoms with Gasteiger partial charge in [-0.15, -0.1) is 0 Å². The summed E-state index contributed by atoms with van der Waals surface area (Å²) in [6.45, 7) is 9.73. The second-order valence-corrected chi connectivity index (χ2v) is 5.84. The quantitative estimate of drug-likeness (QED) is 0.352. The molecule has 1 unspecified atom stereocenters. The Hall–Kier alpha value is -1.09. The summed E-state index contributed by atoms with van der Waals surface area (Å²) in [5, 5.41) is 5.46. The number of alkyl halides is 1. The van der Waals surface area contributed by atoms with Gasteiger partial charge in [0.2, 0.25) is 5.91 Å². The van der Waals surface area contributed by atoms with Gasteiger partial charge in [0.15, 0.2) is 0 Å². The first-order valence-corrected chi connectivity index (χ1v) is 8.62. The Bertz CT molecular complexity index is 317. The van der Waals surface area contributed by atoms with Crippen LogP contribution in [0.15, 0.2) is 0 Å². The van der Waals surface area contributed by atoms with Gasteiger partial charge in [0, 0.05) is 12.5 Å². The molecule has 0 aromatic rings. The Morgan fingerprint density at radius 3 is 2.24 bits per heavy atom. The molecular formula is C17H35FN2O5. The van der Waals surface area contributed by atoms with Crippen LogP contribution in [-0.4, -0.2) is 77.6 Å². The van der Waals surface area contributed by atoms with Crippen LogP contribution in [0.4, 0.5) is 4.39 Å².